The fourth-order valence-electron chi connectivity index (χ4n) is 1.83. The third-order valence-corrected chi connectivity index (χ3v) is 3.51. The van der Waals surface area contributed by atoms with Gasteiger partial charge < -0.3 is 14.4 Å². The highest BCUT2D eigenvalue weighted by molar-refractivity contribution is 9.09. The molecule has 0 bridgehead atoms. The minimum Gasteiger partial charge on any atom is -0.378 e. The Hall–Kier alpha value is -0.940. The summed E-state index contributed by atoms with van der Waals surface area (Å²) >= 11 is 3.17. The van der Waals surface area contributed by atoms with E-state index >= 15 is 0 Å². The van der Waals surface area contributed by atoms with E-state index in [-0.39, 0.29) is 5.82 Å². The summed E-state index contributed by atoms with van der Waals surface area (Å²) in [6.07, 6.45) is 0.739. The Morgan fingerprint density at radius 3 is 2.71 bits per heavy atom. The second kappa shape index (κ2) is 5.60. The van der Waals surface area contributed by atoms with Crippen molar-refractivity contribution in [2.45, 2.75) is 4.83 Å². The van der Waals surface area contributed by atoms with Crippen molar-refractivity contribution in [1.29, 1.82) is 0 Å². The Bertz CT molecular complexity index is 407. The average molecular weight is 302 g/mol. The van der Waals surface area contributed by atoms with E-state index in [9.17, 15) is 9.18 Å². The summed E-state index contributed by atoms with van der Waals surface area (Å²) in [4.78, 5) is 12.1. The summed E-state index contributed by atoms with van der Waals surface area (Å²) in [5.41, 5.74) is 1.21. The lowest BCUT2D eigenvalue weighted by atomic mass is 10.1. The number of anilines is 1. The molecule has 92 valence electrons. The largest absolute Gasteiger partial charge is 0.378 e. The van der Waals surface area contributed by atoms with Crippen molar-refractivity contribution in [3.63, 3.8) is 0 Å². The van der Waals surface area contributed by atoms with Crippen LogP contribution in [0.5, 0.6) is 0 Å². The number of morpholine rings is 1. The zero-order valence-corrected chi connectivity index (χ0v) is 10.8. The molecule has 0 radical (unpaired) electrons. The van der Waals surface area contributed by atoms with Crippen LogP contribution in [-0.2, 0) is 9.53 Å². The maximum atomic E-state index is 13.9. The van der Waals surface area contributed by atoms with Gasteiger partial charge in [-0.2, -0.15) is 0 Å². The SMILES string of the molecule is O=CC(Br)c1ccc(N2CCOCC2)c(F)c1. The molecular weight excluding hydrogens is 289 g/mol. The molecule has 0 amide bonds. The summed E-state index contributed by atoms with van der Waals surface area (Å²) in [7, 11) is 0. The Morgan fingerprint density at radius 1 is 1.41 bits per heavy atom. The molecular formula is C12H13BrFNO2. The molecule has 1 heterocycles. The summed E-state index contributed by atoms with van der Waals surface area (Å²) < 4.78 is 19.1. The van der Waals surface area contributed by atoms with Gasteiger partial charge in [0.25, 0.3) is 0 Å². The Morgan fingerprint density at radius 2 is 2.12 bits per heavy atom. The van der Waals surface area contributed by atoms with Gasteiger partial charge in [-0.15, -0.1) is 0 Å². The lowest BCUT2D eigenvalue weighted by molar-refractivity contribution is -0.107. The number of alkyl halides is 1. The van der Waals surface area contributed by atoms with Gasteiger partial charge in [-0.05, 0) is 17.7 Å². The number of ether oxygens (including phenoxy) is 1. The molecule has 1 aliphatic heterocycles. The molecule has 1 aromatic carbocycles. The molecule has 3 nitrogen and oxygen atoms in total. The molecule has 2 rings (SSSR count). The van der Waals surface area contributed by atoms with Crippen LogP contribution < -0.4 is 4.90 Å². The fraction of sp³-hybridized carbons (Fsp3) is 0.417. The number of nitrogens with zero attached hydrogens (tertiary/aromatic N) is 1. The standard InChI is InChI=1S/C12H13BrFNO2/c13-10(8-16)9-1-2-12(11(14)7-9)15-3-5-17-6-4-15/h1-2,7-8,10H,3-6H2. The Kier molecular flexibility index (Phi) is 4.12. The molecule has 0 saturated carbocycles. The highest BCUT2D eigenvalue weighted by Crippen LogP contribution is 2.26. The maximum Gasteiger partial charge on any atom is 0.146 e. The van der Waals surface area contributed by atoms with Crippen molar-refractivity contribution >= 4 is 27.9 Å². The van der Waals surface area contributed by atoms with Gasteiger partial charge in [0.05, 0.1) is 23.7 Å². The van der Waals surface area contributed by atoms with Crippen LogP contribution in [0.2, 0.25) is 0 Å². The van der Waals surface area contributed by atoms with Gasteiger partial charge in [-0.1, -0.05) is 22.0 Å². The number of benzene rings is 1. The molecule has 0 N–H and O–H groups in total. The summed E-state index contributed by atoms with van der Waals surface area (Å²) in [5, 5.41) is 0. The first-order valence-corrected chi connectivity index (χ1v) is 6.35. The van der Waals surface area contributed by atoms with E-state index in [4.69, 9.17) is 4.74 Å². The summed E-state index contributed by atoms with van der Waals surface area (Å²) in [6, 6.07) is 4.88. The van der Waals surface area contributed by atoms with E-state index in [0.29, 0.717) is 37.6 Å². The second-order valence-corrected chi connectivity index (χ2v) is 4.83. The smallest absolute Gasteiger partial charge is 0.146 e. The van der Waals surface area contributed by atoms with Crippen molar-refractivity contribution in [2.75, 3.05) is 31.2 Å². The minimum absolute atomic E-state index is 0.296. The number of carbonyl (C=O) groups is 1. The third-order valence-electron chi connectivity index (χ3n) is 2.76. The Labute approximate surface area is 108 Å². The van der Waals surface area contributed by atoms with E-state index in [1.165, 1.54) is 6.07 Å². The molecule has 1 aromatic rings. The van der Waals surface area contributed by atoms with Crippen LogP contribution in [0.3, 0.4) is 0 Å². The number of aldehydes is 1. The average Bonchev–Trinajstić information content (AvgIpc) is 2.38. The first-order valence-electron chi connectivity index (χ1n) is 5.44. The minimum atomic E-state index is -0.448. The number of halogens is 2. The van der Waals surface area contributed by atoms with Crippen LogP contribution >= 0.6 is 15.9 Å². The molecule has 1 saturated heterocycles. The van der Waals surface area contributed by atoms with Gasteiger partial charge in [-0.25, -0.2) is 4.39 Å². The highest BCUT2D eigenvalue weighted by atomic mass is 79.9. The van der Waals surface area contributed by atoms with Crippen molar-refractivity contribution in [3.8, 4) is 0 Å². The zero-order chi connectivity index (χ0) is 12.3. The maximum absolute atomic E-state index is 13.9. The normalized spacial score (nSPS) is 17.9. The van der Waals surface area contributed by atoms with Crippen LogP contribution in [0.25, 0.3) is 0 Å². The molecule has 0 aliphatic carbocycles. The van der Waals surface area contributed by atoms with Crippen LogP contribution in [0, 0.1) is 5.82 Å². The molecule has 0 spiro atoms. The quantitative estimate of drug-likeness (QED) is 0.634. The molecule has 1 aliphatic rings. The van der Waals surface area contributed by atoms with Gasteiger partial charge in [0, 0.05) is 13.1 Å². The monoisotopic (exact) mass is 301 g/mol. The number of rotatable bonds is 3. The zero-order valence-electron chi connectivity index (χ0n) is 9.23. The van der Waals surface area contributed by atoms with Crippen molar-refractivity contribution in [2.24, 2.45) is 0 Å². The lowest BCUT2D eigenvalue weighted by Gasteiger charge is -2.29. The van der Waals surface area contributed by atoms with E-state index in [0.717, 1.165) is 6.29 Å². The second-order valence-electron chi connectivity index (χ2n) is 3.85. The topological polar surface area (TPSA) is 29.5 Å². The van der Waals surface area contributed by atoms with Crippen LogP contribution in [0.15, 0.2) is 18.2 Å². The first kappa shape index (κ1) is 12.5. The molecule has 0 aromatic heterocycles. The molecule has 1 fully saturated rings. The van der Waals surface area contributed by atoms with E-state index in [1.54, 1.807) is 12.1 Å². The highest BCUT2D eigenvalue weighted by Gasteiger charge is 2.16. The van der Waals surface area contributed by atoms with Crippen LogP contribution in [-0.4, -0.2) is 32.6 Å². The van der Waals surface area contributed by atoms with Crippen LogP contribution in [0.1, 0.15) is 10.4 Å². The van der Waals surface area contributed by atoms with Crippen molar-refractivity contribution < 1.29 is 13.9 Å². The summed E-state index contributed by atoms with van der Waals surface area (Å²) in [6.45, 7) is 2.64. The van der Waals surface area contributed by atoms with Gasteiger partial charge in [0.2, 0.25) is 0 Å². The number of hydrogen-bond acceptors (Lipinski definition) is 3. The van der Waals surface area contributed by atoms with E-state index in [1.807, 2.05) is 4.90 Å². The number of carbonyl (C=O) groups excluding carboxylic acids is 1. The first-order chi connectivity index (χ1) is 8.22. The fourth-order valence-corrected chi connectivity index (χ4v) is 2.12. The lowest BCUT2D eigenvalue weighted by Crippen LogP contribution is -2.36. The molecule has 17 heavy (non-hydrogen) atoms. The van der Waals surface area contributed by atoms with Crippen molar-refractivity contribution in [3.05, 3.63) is 29.6 Å². The summed E-state index contributed by atoms with van der Waals surface area (Å²) in [5.74, 6) is -0.296. The molecule has 1 atom stereocenters. The molecule has 5 heteroatoms. The third kappa shape index (κ3) is 2.84. The molecule has 1 unspecified atom stereocenters. The number of hydrogen-bond donors (Lipinski definition) is 0. The van der Waals surface area contributed by atoms with E-state index in [2.05, 4.69) is 15.9 Å². The van der Waals surface area contributed by atoms with Crippen molar-refractivity contribution in [1.82, 2.24) is 0 Å². The van der Waals surface area contributed by atoms with E-state index < -0.39 is 4.83 Å². The van der Waals surface area contributed by atoms with Crippen LogP contribution in [0.4, 0.5) is 10.1 Å². The predicted octanol–water partition coefficient (Wildman–Crippen LogP) is 2.30. The predicted molar refractivity (Wildman–Crippen MR) is 67.2 cm³/mol. The Balaban J connectivity index is 2.21. The van der Waals surface area contributed by atoms with Gasteiger partial charge in [-0.3, -0.25) is 0 Å². The van der Waals surface area contributed by atoms with Gasteiger partial charge in [0.1, 0.15) is 12.1 Å². The van der Waals surface area contributed by atoms with Gasteiger partial charge >= 0.3 is 0 Å². The van der Waals surface area contributed by atoms with Gasteiger partial charge in [0.15, 0.2) is 0 Å².